The highest BCUT2D eigenvalue weighted by atomic mass is 35.5. The van der Waals surface area contributed by atoms with E-state index in [0.29, 0.717) is 46.9 Å². The molecule has 0 saturated carbocycles. The molecule has 134 valence electrons. The molecule has 1 aromatic heterocycles. The summed E-state index contributed by atoms with van der Waals surface area (Å²) < 4.78 is 10.6. The van der Waals surface area contributed by atoms with Gasteiger partial charge in [0.1, 0.15) is 4.88 Å². The smallest absolute Gasteiger partial charge is 0.350 e. The van der Waals surface area contributed by atoms with Crippen molar-refractivity contribution in [1.82, 2.24) is 4.98 Å². The van der Waals surface area contributed by atoms with Gasteiger partial charge in [-0.1, -0.05) is 40.6 Å². The molecule has 0 radical (unpaired) electrons. The standard InChI is InChI=1S/C17H18Cl2N2O3S/c1-2-24-16(22)15-14(10-11-3-4-12(18)13(19)9-11)20-17(25-15)21-5-7-23-8-6-21/h3-4,9H,2,5-8,10H2,1H3. The van der Waals surface area contributed by atoms with Crippen LogP contribution in [-0.2, 0) is 15.9 Å². The Labute approximate surface area is 160 Å². The summed E-state index contributed by atoms with van der Waals surface area (Å²) in [5.41, 5.74) is 1.64. The fourth-order valence-electron chi connectivity index (χ4n) is 2.55. The quantitative estimate of drug-likeness (QED) is 0.708. The molecule has 0 bridgehead atoms. The van der Waals surface area contributed by atoms with Gasteiger partial charge in [-0.15, -0.1) is 0 Å². The molecule has 0 amide bonds. The van der Waals surface area contributed by atoms with E-state index >= 15 is 0 Å². The molecule has 1 aliphatic rings. The van der Waals surface area contributed by atoms with E-state index in [4.69, 9.17) is 37.7 Å². The molecule has 0 atom stereocenters. The summed E-state index contributed by atoms with van der Waals surface area (Å²) >= 11 is 13.4. The van der Waals surface area contributed by atoms with Gasteiger partial charge in [0.25, 0.3) is 0 Å². The predicted octanol–water partition coefficient (Wildman–Crippen LogP) is 4.05. The lowest BCUT2D eigenvalue weighted by atomic mass is 10.1. The molecule has 1 aliphatic heterocycles. The number of nitrogens with zero attached hydrogens (tertiary/aromatic N) is 2. The molecule has 1 saturated heterocycles. The summed E-state index contributed by atoms with van der Waals surface area (Å²) in [6, 6.07) is 5.43. The number of thiazole rings is 1. The van der Waals surface area contributed by atoms with Crippen molar-refractivity contribution < 1.29 is 14.3 Å². The van der Waals surface area contributed by atoms with Crippen LogP contribution < -0.4 is 4.90 Å². The van der Waals surface area contributed by atoms with Crippen LogP contribution in [0.3, 0.4) is 0 Å². The summed E-state index contributed by atoms with van der Waals surface area (Å²) in [6.45, 7) is 4.98. The van der Waals surface area contributed by atoms with E-state index in [9.17, 15) is 4.79 Å². The first-order valence-corrected chi connectivity index (χ1v) is 9.59. The van der Waals surface area contributed by atoms with E-state index in [0.717, 1.165) is 23.8 Å². The number of hydrogen-bond acceptors (Lipinski definition) is 6. The number of carbonyl (C=O) groups excluding carboxylic acids is 1. The van der Waals surface area contributed by atoms with Gasteiger partial charge in [0.15, 0.2) is 5.13 Å². The van der Waals surface area contributed by atoms with Gasteiger partial charge in [-0.3, -0.25) is 0 Å². The Kier molecular flexibility index (Phi) is 6.17. The van der Waals surface area contributed by atoms with Crippen molar-refractivity contribution in [2.45, 2.75) is 13.3 Å². The van der Waals surface area contributed by atoms with Gasteiger partial charge in [-0.25, -0.2) is 9.78 Å². The molecule has 8 heteroatoms. The maximum Gasteiger partial charge on any atom is 0.350 e. The first kappa shape index (κ1) is 18.5. The first-order valence-electron chi connectivity index (χ1n) is 8.02. The fraction of sp³-hybridized carbons (Fsp3) is 0.412. The van der Waals surface area contributed by atoms with Crippen molar-refractivity contribution in [3.05, 3.63) is 44.4 Å². The molecular weight excluding hydrogens is 383 g/mol. The number of esters is 1. The molecule has 0 aliphatic carbocycles. The zero-order valence-corrected chi connectivity index (χ0v) is 16.1. The lowest BCUT2D eigenvalue weighted by Crippen LogP contribution is -2.36. The second-order valence-corrected chi connectivity index (χ2v) is 7.31. The highest BCUT2D eigenvalue weighted by Crippen LogP contribution is 2.30. The van der Waals surface area contributed by atoms with E-state index in [1.165, 1.54) is 11.3 Å². The van der Waals surface area contributed by atoms with E-state index in [2.05, 4.69) is 4.90 Å². The minimum Gasteiger partial charge on any atom is -0.462 e. The third kappa shape index (κ3) is 4.44. The molecule has 0 unspecified atom stereocenters. The third-order valence-electron chi connectivity index (χ3n) is 3.78. The Morgan fingerprint density at radius 2 is 2.08 bits per heavy atom. The van der Waals surface area contributed by atoms with Crippen molar-refractivity contribution in [3.8, 4) is 0 Å². The first-order chi connectivity index (χ1) is 12.1. The highest BCUT2D eigenvalue weighted by Gasteiger charge is 2.23. The number of halogens is 2. The number of rotatable bonds is 5. The van der Waals surface area contributed by atoms with Crippen LogP contribution >= 0.6 is 34.5 Å². The zero-order chi connectivity index (χ0) is 17.8. The zero-order valence-electron chi connectivity index (χ0n) is 13.8. The van der Waals surface area contributed by atoms with Crippen molar-refractivity contribution in [2.75, 3.05) is 37.8 Å². The number of anilines is 1. The molecule has 0 spiro atoms. The van der Waals surface area contributed by atoms with Gasteiger partial charge in [0.2, 0.25) is 0 Å². The van der Waals surface area contributed by atoms with E-state index in [1.54, 1.807) is 19.1 Å². The van der Waals surface area contributed by atoms with Crippen LogP contribution in [0.2, 0.25) is 10.0 Å². The van der Waals surface area contributed by atoms with Crippen molar-refractivity contribution >= 4 is 45.6 Å². The number of benzene rings is 1. The number of morpholine rings is 1. The molecule has 1 aromatic carbocycles. The largest absolute Gasteiger partial charge is 0.462 e. The minimum absolute atomic E-state index is 0.329. The van der Waals surface area contributed by atoms with Crippen LogP contribution in [0.4, 0.5) is 5.13 Å². The lowest BCUT2D eigenvalue weighted by Gasteiger charge is -2.26. The third-order valence-corrected chi connectivity index (χ3v) is 5.66. The van der Waals surface area contributed by atoms with Crippen LogP contribution in [0, 0.1) is 0 Å². The van der Waals surface area contributed by atoms with Crippen LogP contribution in [0.25, 0.3) is 0 Å². The van der Waals surface area contributed by atoms with Crippen molar-refractivity contribution in [2.24, 2.45) is 0 Å². The number of carbonyl (C=O) groups is 1. The second kappa shape index (κ2) is 8.36. The predicted molar refractivity (Wildman–Crippen MR) is 100 cm³/mol. The van der Waals surface area contributed by atoms with E-state index < -0.39 is 0 Å². The summed E-state index contributed by atoms with van der Waals surface area (Å²) in [4.78, 5) is 19.7. The molecule has 2 aromatic rings. The van der Waals surface area contributed by atoms with Crippen LogP contribution in [0.1, 0.15) is 27.9 Å². The molecule has 1 fully saturated rings. The highest BCUT2D eigenvalue weighted by molar-refractivity contribution is 7.17. The molecular formula is C17H18Cl2N2O3S. The van der Waals surface area contributed by atoms with Crippen LogP contribution in [0.15, 0.2) is 18.2 Å². The van der Waals surface area contributed by atoms with Gasteiger partial charge in [-0.05, 0) is 24.6 Å². The summed E-state index contributed by atoms with van der Waals surface area (Å²) in [6.07, 6.45) is 0.492. The number of aromatic nitrogens is 1. The summed E-state index contributed by atoms with van der Waals surface area (Å²) in [5.74, 6) is -0.338. The molecule has 2 heterocycles. The fourth-order valence-corrected chi connectivity index (χ4v) is 3.90. The maximum absolute atomic E-state index is 12.3. The van der Waals surface area contributed by atoms with E-state index in [1.807, 2.05) is 6.07 Å². The van der Waals surface area contributed by atoms with Gasteiger partial charge >= 0.3 is 5.97 Å². The minimum atomic E-state index is -0.338. The Hall–Kier alpha value is -1.34. The Morgan fingerprint density at radius 3 is 2.76 bits per heavy atom. The monoisotopic (exact) mass is 400 g/mol. The summed E-state index contributed by atoms with van der Waals surface area (Å²) in [5, 5.41) is 1.81. The summed E-state index contributed by atoms with van der Waals surface area (Å²) in [7, 11) is 0. The van der Waals surface area contributed by atoms with Gasteiger partial charge in [0.05, 0.1) is 35.6 Å². The average Bonchev–Trinajstić information content (AvgIpc) is 3.03. The Balaban J connectivity index is 1.90. The second-order valence-electron chi connectivity index (χ2n) is 5.52. The molecule has 0 N–H and O–H groups in total. The SMILES string of the molecule is CCOC(=O)c1sc(N2CCOCC2)nc1Cc1ccc(Cl)c(Cl)c1. The molecule has 5 nitrogen and oxygen atoms in total. The van der Waals surface area contributed by atoms with Crippen molar-refractivity contribution in [1.29, 1.82) is 0 Å². The van der Waals surface area contributed by atoms with Gasteiger partial charge in [-0.2, -0.15) is 0 Å². The molecule has 25 heavy (non-hydrogen) atoms. The maximum atomic E-state index is 12.3. The van der Waals surface area contributed by atoms with Crippen molar-refractivity contribution in [3.63, 3.8) is 0 Å². The van der Waals surface area contributed by atoms with E-state index in [-0.39, 0.29) is 5.97 Å². The lowest BCUT2D eigenvalue weighted by molar-refractivity contribution is 0.0530. The normalized spacial score (nSPS) is 14.6. The average molecular weight is 401 g/mol. The van der Waals surface area contributed by atoms with Crippen LogP contribution in [-0.4, -0.2) is 43.9 Å². The topological polar surface area (TPSA) is 51.7 Å². The van der Waals surface area contributed by atoms with Gasteiger partial charge < -0.3 is 14.4 Å². The molecule has 3 rings (SSSR count). The number of ether oxygens (including phenoxy) is 2. The van der Waals surface area contributed by atoms with Crippen LogP contribution in [0.5, 0.6) is 0 Å². The Morgan fingerprint density at radius 1 is 1.32 bits per heavy atom. The Bertz CT molecular complexity index is 760. The van der Waals surface area contributed by atoms with Gasteiger partial charge in [0, 0.05) is 19.5 Å². The number of hydrogen-bond donors (Lipinski definition) is 0.